The van der Waals surface area contributed by atoms with Gasteiger partial charge in [-0.3, -0.25) is 4.98 Å². The average molecular weight is 575 g/mol. The van der Waals surface area contributed by atoms with Gasteiger partial charge in [-0.15, -0.1) is 11.3 Å². The Morgan fingerprint density at radius 2 is 1.93 bits per heavy atom. The molecule has 40 heavy (non-hydrogen) atoms. The van der Waals surface area contributed by atoms with Crippen molar-refractivity contribution in [3.05, 3.63) is 94.0 Å². The number of pyridine rings is 1. The van der Waals surface area contributed by atoms with Crippen molar-refractivity contribution in [3.8, 4) is 5.75 Å². The predicted molar refractivity (Wildman–Crippen MR) is 160 cm³/mol. The van der Waals surface area contributed by atoms with Crippen molar-refractivity contribution in [2.24, 2.45) is 5.92 Å². The first-order chi connectivity index (χ1) is 19.4. The maximum Gasteiger partial charge on any atom is 0.329 e. The lowest BCUT2D eigenvalue weighted by Crippen LogP contribution is -2.52. The van der Waals surface area contributed by atoms with E-state index in [1.807, 2.05) is 35.7 Å². The van der Waals surface area contributed by atoms with E-state index in [0.717, 1.165) is 16.0 Å². The lowest BCUT2D eigenvalue weighted by atomic mass is 9.61. The third-order valence-corrected chi connectivity index (χ3v) is 9.70. The number of halogens is 1. The second-order valence-corrected chi connectivity index (χ2v) is 12.2. The Bertz CT molecular complexity index is 1570. The molecule has 3 N–H and O–H groups in total. The molecule has 2 aliphatic rings. The third kappa shape index (κ3) is 4.87. The highest BCUT2D eigenvalue weighted by atomic mass is 35.5. The second-order valence-electron chi connectivity index (χ2n) is 10.9. The molecule has 0 amide bonds. The molecule has 0 saturated heterocycles. The fourth-order valence-electron chi connectivity index (χ4n) is 6.40. The van der Waals surface area contributed by atoms with E-state index in [9.17, 15) is 15.0 Å². The highest BCUT2D eigenvalue weighted by Crippen LogP contribution is 2.55. The number of rotatable bonds is 9. The number of thiophene rings is 1. The van der Waals surface area contributed by atoms with Crippen LogP contribution in [0.25, 0.3) is 16.3 Å². The van der Waals surface area contributed by atoms with Crippen LogP contribution in [0, 0.1) is 5.92 Å². The van der Waals surface area contributed by atoms with Crippen LogP contribution in [-0.4, -0.2) is 39.9 Å². The van der Waals surface area contributed by atoms with Gasteiger partial charge >= 0.3 is 5.97 Å². The van der Waals surface area contributed by atoms with Crippen LogP contribution in [0.1, 0.15) is 43.2 Å². The predicted octanol–water partition coefficient (Wildman–Crippen LogP) is 7.17. The van der Waals surface area contributed by atoms with E-state index in [-0.39, 0.29) is 17.9 Å². The summed E-state index contributed by atoms with van der Waals surface area (Å²) in [6.07, 6.45) is 6.98. The van der Waals surface area contributed by atoms with Gasteiger partial charge in [0, 0.05) is 34.8 Å². The summed E-state index contributed by atoms with van der Waals surface area (Å²) in [6.45, 7) is 0.379. The Kier molecular flexibility index (Phi) is 7.29. The van der Waals surface area contributed by atoms with E-state index in [2.05, 4.69) is 34.6 Å². The number of fused-ring (bicyclic) bond motifs is 3. The van der Waals surface area contributed by atoms with Crippen molar-refractivity contribution in [2.75, 3.05) is 18.5 Å². The monoisotopic (exact) mass is 574 g/mol. The van der Waals surface area contributed by atoms with Crippen molar-refractivity contribution in [1.82, 2.24) is 4.98 Å². The van der Waals surface area contributed by atoms with Crippen LogP contribution in [0.4, 0.5) is 5.69 Å². The molecule has 1 spiro atoms. The van der Waals surface area contributed by atoms with Crippen molar-refractivity contribution >= 4 is 50.9 Å². The minimum Gasteiger partial charge on any atom is -0.492 e. The number of carboxylic acid groups (broad SMARTS) is 1. The molecular weight excluding hydrogens is 544 g/mol. The number of anilines is 1. The molecule has 2 aliphatic carbocycles. The number of carboxylic acids is 1. The zero-order valence-electron chi connectivity index (χ0n) is 22.0. The highest BCUT2D eigenvalue weighted by Gasteiger charge is 2.51. The Labute approximate surface area is 242 Å². The molecule has 206 valence electrons. The Morgan fingerprint density at radius 1 is 1.10 bits per heavy atom. The van der Waals surface area contributed by atoms with Gasteiger partial charge in [0.25, 0.3) is 0 Å². The quantitative estimate of drug-likeness (QED) is 0.196. The van der Waals surface area contributed by atoms with Gasteiger partial charge in [0.2, 0.25) is 0 Å². The number of hydrogen-bond acceptors (Lipinski definition) is 6. The maximum absolute atomic E-state index is 12.7. The number of ether oxygens (including phenoxy) is 1. The number of hydrogen-bond donors (Lipinski definition) is 3. The molecule has 1 atom stereocenters. The van der Waals surface area contributed by atoms with E-state index in [1.54, 1.807) is 29.7 Å². The Balaban J connectivity index is 1.23. The van der Waals surface area contributed by atoms with Gasteiger partial charge in [0.1, 0.15) is 11.3 Å². The van der Waals surface area contributed by atoms with Crippen LogP contribution < -0.4 is 10.1 Å². The summed E-state index contributed by atoms with van der Waals surface area (Å²) in [5, 5.41) is 26.6. The van der Waals surface area contributed by atoms with Crippen LogP contribution in [0.3, 0.4) is 0 Å². The Morgan fingerprint density at radius 3 is 2.70 bits per heavy atom. The van der Waals surface area contributed by atoms with E-state index >= 15 is 0 Å². The van der Waals surface area contributed by atoms with Gasteiger partial charge in [0.15, 0.2) is 0 Å². The van der Waals surface area contributed by atoms with Gasteiger partial charge in [-0.2, -0.15) is 0 Å². The summed E-state index contributed by atoms with van der Waals surface area (Å²) in [7, 11) is 0. The molecule has 2 aromatic carbocycles. The number of aliphatic hydroxyl groups is 1. The average Bonchev–Trinajstić information content (AvgIpc) is 3.56. The van der Waals surface area contributed by atoms with Gasteiger partial charge in [-0.05, 0) is 78.9 Å². The normalized spacial score (nSPS) is 22.6. The number of carbonyl (C=O) groups is 1. The first kappa shape index (κ1) is 26.8. The smallest absolute Gasteiger partial charge is 0.329 e. The largest absolute Gasteiger partial charge is 0.492 e. The summed E-state index contributed by atoms with van der Waals surface area (Å²) in [5.74, 6) is -0.165. The van der Waals surface area contributed by atoms with Gasteiger partial charge in [-0.1, -0.05) is 53.6 Å². The van der Waals surface area contributed by atoms with Crippen LogP contribution >= 0.6 is 22.9 Å². The summed E-state index contributed by atoms with van der Waals surface area (Å²) in [6, 6.07) is 19.5. The lowest BCUT2D eigenvalue weighted by molar-refractivity contribution is -0.143. The van der Waals surface area contributed by atoms with Crippen molar-refractivity contribution in [2.45, 2.75) is 43.1 Å². The molecule has 1 unspecified atom stereocenters. The number of benzene rings is 2. The van der Waals surface area contributed by atoms with Crippen LogP contribution in [0.5, 0.6) is 5.75 Å². The maximum atomic E-state index is 12.7. The lowest BCUT2D eigenvalue weighted by Gasteiger charge is -2.46. The SMILES string of the molecule is O=C(O)C1(Nc2cccc(Cl)c2)CCC2(CC1)C(CC(CO)COc1ccnc3ccsc13)=Cc1ccccc12. The molecule has 6 rings (SSSR count). The molecule has 1 fully saturated rings. The van der Waals surface area contributed by atoms with Crippen molar-refractivity contribution in [1.29, 1.82) is 0 Å². The topological polar surface area (TPSA) is 91.7 Å². The minimum absolute atomic E-state index is 0.00217. The molecule has 0 bridgehead atoms. The summed E-state index contributed by atoms with van der Waals surface area (Å²) in [4.78, 5) is 17.0. The zero-order valence-corrected chi connectivity index (χ0v) is 23.5. The fourth-order valence-corrected chi connectivity index (χ4v) is 7.41. The zero-order chi connectivity index (χ0) is 27.7. The van der Waals surface area contributed by atoms with Crippen LogP contribution in [-0.2, 0) is 10.2 Å². The molecule has 0 aliphatic heterocycles. The van der Waals surface area contributed by atoms with E-state index in [4.69, 9.17) is 16.3 Å². The molecule has 2 aromatic heterocycles. The number of aromatic nitrogens is 1. The molecule has 0 radical (unpaired) electrons. The number of aliphatic carboxylic acids is 1. The van der Waals surface area contributed by atoms with Crippen molar-refractivity contribution < 1.29 is 19.7 Å². The van der Waals surface area contributed by atoms with E-state index in [1.165, 1.54) is 16.7 Å². The first-order valence-electron chi connectivity index (χ1n) is 13.6. The molecule has 1 saturated carbocycles. The minimum atomic E-state index is -1.08. The number of allylic oxidation sites excluding steroid dienone is 1. The van der Waals surface area contributed by atoms with Gasteiger partial charge < -0.3 is 20.3 Å². The van der Waals surface area contributed by atoms with Crippen LogP contribution in [0.2, 0.25) is 5.02 Å². The molecule has 2 heterocycles. The molecule has 4 aromatic rings. The van der Waals surface area contributed by atoms with Gasteiger partial charge in [0.05, 0.1) is 16.8 Å². The fraction of sp³-hybridized carbons (Fsp3) is 0.312. The summed E-state index contributed by atoms with van der Waals surface area (Å²) < 4.78 is 7.23. The number of aliphatic hydroxyl groups excluding tert-OH is 1. The van der Waals surface area contributed by atoms with E-state index in [0.29, 0.717) is 49.4 Å². The summed E-state index contributed by atoms with van der Waals surface area (Å²) >= 11 is 7.78. The molecule has 6 nitrogen and oxygen atoms in total. The van der Waals surface area contributed by atoms with Gasteiger partial charge in [-0.25, -0.2) is 4.79 Å². The number of nitrogens with one attached hydrogen (secondary N) is 1. The van der Waals surface area contributed by atoms with Crippen LogP contribution in [0.15, 0.2) is 77.8 Å². The highest BCUT2D eigenvalue weighted by molar-refractivity contribution is 7.17. The van der Waals surface area contributed by atoms with Crippen molar-refractivity contribution in [3.63, 3.8) is 0 Å². The third-order valence-electron chi connectivity index (χ3n) is 8.54. The number of nitrogens with zero attached hydrogens (tertiary/aromatic N) is 1. The summed E-state index contributed by atoms with van der Waals surface area (Å²) in [5.41, 5.74) is 3.94. The van der Waals surface area contributed by atoms with E-state index < -0.39 is 11.5 Å². The Hall–Kier alpha value is -3.39. The second kappa shape index (κ2) is 10.9. The first-order valence-corrected chi connectivity index (χ1v) is 14.8. The standard InChI is InChI=1S/C32H31ClN2O4S/c33-24-5-3-6-25(18-24)35-32(30(37)38)12-10-31(11-13-32)23(17-22-4-1-2-7-26(22)31)16-21(19-36)20-39-28-8-14-34-27-9-15-40-29(27)28/h1-9,14-15,17-18,21,35-36H,10-13,16,19-20H2,(H,37,38). The molecular formula is C32H31ClN2O4S. The molecule has 8 heteroatoms.